The molecule has 25 heavy (non-hydrogen) atoms. The van der Waals surface area contributed by atoms with Gasteiger partial charge in [0.25, 0.3) is 5.91 Å². The lowest BCUT2D eigenvalue weighted by molar-refractivity contribution is -0.112. The van der Waals surface area contributed by atoms with Gasteiger partial charge in [0.05, 0.1) is 5.69 Å². The Hall–Kier alpha value is -3.13. The number of nitriles is 1. The van der Waals surface area contributed by atoms with Crippen LogP contribution < -0.4 is 10.6 Å². The number of nitrogens with one attached hydrogen (secondary N) is 2. The molecule has 2 aromatic rings. The number of carbonyl (C=O) groups excluding carboxylic acids is 1. The molecule has 0 saturated carbocycles. The van der Waals surface area contributed by atoms with E-state index in [1.54, 1.807) is 12.1 Å². The first-order valence-corrected chi connectivity index (χ1v) is 8.15. The first-order chi connectivity index (χ1) is 12.1. The van der Waals surface area contributed by atoms with Crippen LogP contribution in [0.2, 0.25) is 0 Å². The molecule has 5 heteroatoms. The second kappa shape index (κ2) is 9.24. The number of benzene rings is 2. The lowest BCUT2D eigenvalue weighted by Crippen LogP contribution is -2.14. The number of anilines is 2. The van der Waals surface area contributed by atoms with E-state index >= 15 is 0 Å². The summed E-state index contributed by atoms with van der Waals surface area (Å²) in [5.74, 6) is -1.01. The van der Waals surface area contributed by atoms with Crippen molar-refractivity contribution in [3.63, 3.8) is 0 Å². The standard InChI is InChI=1S/C20H20FN3O/c1-2-3-6-15-9-11-17(12-10-15)24-20(25)16(13-22)14-23-19-8-5-4-7-18(19)21/h4-5,7-12,14,23H,2-3,6H2,1H3,(H,24,25)/b16-14-. The number of nitrogens with zero attached hydrogens (tertiary/aromatic N) is 1. The van der Waals surface area contributed by atoms with Crippen LogP contribution in [-0.2, 0) is 11.2 Å². The van der Waals surface area contributed by atoms with Gasteiger partial charge in [0.15, 0.2) is 0 Å². The molecule has 0 heterocycles. The number of amides is 1. The second-order valence-electron chi connectivity index (χ2n) is 5.55. The van der Waals surface area contributed by atoms with E-state index in [1.807, 2.05) is 30.3 Å². The summed E-state index contributed by atoms with van der Waals surface area (Å²) in [4.78, 5) is 12.2. The molecule has 2 aromatic carbocycles. The van der Waals surface area contributed by atoms with Gasteiger partial charge in [-0.05, 0) is 42.7 Å². The normalized spacial score (nSPS) is 10.8. The van der Waals surface area contributed by atoms with E-state index in [0.717, 1.165) is 19.3 Å². The zero-order chi connectivity index (χ0) is 18.1. The average Bonchev–Trinajstić information content (AvgIpc) is 2.63. The van der Waals surface area contributed by atoms with E-state index in [9.17, 15) is 9.18 Å². The van der Waals surface area contributed by atoms with E-state index in [2.05, 4.69) is 17.6 Å². The Morgan fingerprint density at radius 1 is 1.20 bits per heavy atom. The highest BCUT2D eigenvalue weighted by molar-refractivity contribution is 6.06. The molecule has 0 fully saturated rings. The predicted molar refractivity (Wildman–Crippen MR) is 97.4 cm³/mol. The lowest BCUT2D eigenvalue weighted by Gasteiger charge is -2.07. The maximum atomic E-state index is 13.5. The van der Waals surface area contributed by atoms with E-state index in [1.165, 1.54) is 23.9 Å². The SMILES string of the molecule is CCCCc1ccc(NC(=O)/C(C#N)=C\Nc2ccccc2F)cc1. The molecule has 0 aromatic heterocycles. The Morgan fingerprint density at radius 2 is 1.92 bits per heavy atom. The first kappa shape index (κ1) is 18.2. The van der Waals surface area contributed by atoms with E-state index < -0.39 is 11.7 Å². The maximum Gasteiger partial charge on any atom is 0.267 e. The third-order valence-electron chi connectivity index (χ3n) is 3.64. The van der Waals surface area contributed by atoms with Gasteiger partial charge in [0.2, 0.25) is 0 Å². The quantitative estimate of drug-likeness (QED) is 0.572. The highest BCUT2D eigenvalue weighted by atomic mass is 19.1. The monoisotopic (exact) mass is 337 g/mol. The fourth-order valence-electron chi connectivity index (χ4n) is 2.21. The van der Waals surface area contributed by atoms with Crippen LogP contribution in [-0.4, -0.2) is 5.91 Å². The molecule has 0 radical (unpaired) electrons. The van der Waals surface area contributed by atoms with Crippen LogP contribution in [0.1, 0.15) is 25.3 Å². The Balaban J connectivity index is 2.01. The van der Waals surface area contributed by atoms with E-state index in [0.29, 0.717) is 5.69 Å². The highest BCUT2D eigenvalue weighted by Crippen LogP contribution is 2.15. The molecule has 2 rings (SSSR count). The minimum absolute atomic E-state index is 0.140. The van der Waals surface area contributed by atoms with Crippen molar-refractivity contribution in [3.05, 3.63) is 71.7 Å². The van der Waals surface area contributed by atoms with Gasteiger partial charge >= 0.3 is 0 Å². The summed E-state index contributed by atoms with van der Waals surface area (Å²) in [6, 6.07) is 15.4. The summed E-state index contributed by atoms with van der Waals surface area (Å²) >= 11 is 0. The minimum atomic E-state index is -0.548. The van der Waals surface area contributed by atoms with Crippen LogP contribution in [0.4, 0.5) is 15.8 Å². The number of para-hydroxylation sites is 1. The number of halogens is 1. The summed E-state index contributed by atoms with van der Waals surface area (Å²) in [5, 5.41) is 14.5. The van der Waals surface area contributed by atoms with E-state index in [4.69, 9.17) is 5.26 Å². The molecular weight excluding hydrogens is 317 g/mol. The molecule has 0 unspecified atom stereocenters. The molecule has 0 atom stereocenters. The maximum absolute atomic E-state index is 13.5. The molecule has 0 aliphatic carbocycles. The van der Waals surface area contributed by atoms with Crippen molar-refractivity contribution in [3.8, 4) is 6.07 Å². The van der Waals surface area contributed by atoms with Gasteiger partial charge in [-0.1, -0.05) is 37.6 Å². The molecule has 0 aliphatic heterocycles. The van der Waals surface area contributed by atoms with Crippen molar-refractivity contribution < 1.29 is 9.18 Å². The highest BCUT2D eigenvalue weighted by Gasteiger charge is 2.10. The first-order valence-electron chi connectivity index (χ1n) is 8.15. The van der Waals surface area contributed by atoms with Crippen molar-refractivity contribution >= 4 is 17.3 Å². The van der Waals surface area contributed by atoms with Crippen LogP contribution in [0.25, 0.3) is 0 Å². The van der Waals surface area contributed by atoms with Gasteiger partial charge in [-0.2, -0.15) is 5.26 Å². The van der Waals surface area contributed by atoms with Crippen LogP contribution in [0, 0.1) is 17.1 Å². The van der Waals surface area contributed by atoms with Crippen molar-refractivity contribution in [1.29, 1.82) is 5.26 Å². The summed E-state index contributed by atoms with van der Waals surface area (Å²) in [5.41, 5.74) is 1.87. The Labute approximate surface area is 147 Å². The van der Waals surface area contributed by atoms with Gasteiger partial charge in [-0.15, -0.1) is 0 Å². The second-order valence-corrected chi connectivity index (χ2v) is 5.55. The minimum Gasteiger partial charge on any atom is -0.358 e. The Bertz CT molecular complexity index is 791. The van der Waals surface area contributed by atoms with Gasteiger partial charge in [0.1, 0.15) is 17.5 Å². The number of hydrogen-bond acceptors (Lipinski definition) is 3. The molecule has 128 valence electrons. The van der Waals surface area contributed by atoms with Gasteiger partial charge in [-0.3, -0.25) is 4.79 Å². The van der Waals surface area contributed by atoms with Crippen LogP contribution in [0.5, 0.6) is 0 Å². The molecule has 0 aliphatic rings. The summed E-state index contributed by atoms with van der Waals surface area (Å²) in [6.07, 6.45) is 4.45. The topological polar surface area (TPSA) is 64.9 Å². The fourth-order valence-corrected chi connectivity index (χ4v) is 2.21. The lowest BCUT2D eigenvalue weighted by atomic mass is 10.1. The fraction of sp³-hybridized carbons (Fsp3) is 0.200. The van der Waals surface area contributed by atoms with Crippen LogP contribution in [0.15, 0.2) is 60.3 Å². The zero-order valence-electron chi connectivity index (χ0n) is 14.1. The van der Waals surface area contributed by atoms with Gasteiger partial charge in [-0.25, -0.2) is 4.39 Å². The molecule has 0 spiro atoms. The third-order valence-corrected chi connectivity index (χ3v) is 3.64. The van der Waals surface area contributed by atoms with Crippen molar-refractivity contribution in [2.75, 3.05) is 10.6 Å². The van der Waals surface area contributed by atoms with Crippen molar-refractivity contribution in [2.45, 2.75) is 26.2 Å². The molecule has 4 nitrogen and oxygen atoms in total. The summed E-state index contributed by atoms with van der Waals surface area (Å²) < 4.78 is 13.5. The largest absolute Gasteiger partial charge is 0.358 e. The van der Waals surface area contributed by atoms with Gasteiger partial charge in [0, 0.05) is 11.9 Å². The number of hydrogen-bond donors (Lipinski definition) is 2. The molecule has 0 bridgehead atoms. The summed E-state index contributed by atoms with van der Waals surface area (Å²) in [6.45, 7) is 2.14. The Kier molecular flexibility index (Phi) is 6.73. The number of aryl methyl sites for hydroxylation is 1. The number of rotatable bonds is 7. The van der Waals surface area contributed by atoms with Crippen LogP contribution in [0.3, 0.4) is 0 Å². The zero-order valence-corrected chi connectivity index (χ0v) is 14.1. The third kappa shape index (κ3) is 5.47. The number of carbonyl (C=O) groups is 1. The van der Waals surface area contributed by atoms with Crippen molar-refractivity contribution in [2.24, 2.45) is 0 Å². The van der Waals surface area contributed by atoms with Crippen LogP contribution >= 0.6 is 0 Å². The summed E-state index contributed by atoms with van der Waals surface area (Å²) in [7, 11) is 0. The molecule has 1 amide bonds. The van der Waals surface area contributed by atoms with Gasteiger partial charge < -0.3 is 10.6 Å². The molecule has 0 saturated heterocycles. The molecular formula is C20H20FN3O. The average molecular weight is 337 g/mol. The smallest absolute Gasteiger partial charge is 0.267 e. The van der Waals surface area contributed by atoms with E-state index in [-0.39, 0.29) is 11.3 Å². The Morgan fingerprint density at radius 3 is 2.56 bits per heavy atom. The number of unbranched alkanes of at least 4 members (excludes halogenated alkanes) is 1. The van der Waals surface area contributed by atoms with Crippen molar-refractivity contribution in [1.82, 2.24) is 0 Å². The predicted octanol–water partition coefficient (Wildman–Crippen LogP) is 4.63. The molecule has 2 N–H and O–H groups in total.